The van der Waals surface area contributed by atoms with Crippen molar-refractivity contribution < 1.29 is 4.21 Å². The molecule has 0 heterocycles. The Hall–Kier alpha value is 0.1000. The second-order valence-corrected chi connectivity index (χ2v) is 6.07. The van der Waals surface area contributed by atoms with E-state index in [-0.39, 0.29) is 0 Å². The van der Waals surface area contributed by atoms with Gasteiger partial charge in [0, 0.05) is 45.4 Å². The van der Waals surface area contributed by atoms with Gasteiger partial charge in [0.2, 0.25) is 0 Å². The summed E-state index contributed by atoms with van der Waals surface area (Å²) in [6, 6.07) is 5.76. The van der Waals surface area contributed by atoms with Gasteiger partial charge in [-0.3, -0.25) is 4.21 Å². The SMILES string of the molecule is C[S@](=O)CCNCc1cc(Br)ccc1Cl. The van der Waals surface area contributed by atoms with E-state index in [9.17, 15) is 4.21 Å². The first-order chi connectivity index (χ1) is 7.09. The first-order valence-corrected chi connectivity index (χ1v) is 7.44. The fraction of sp³-hybridized carbons (Fsp3) is 0.400. The van der Waals surface area contributed by atoms with Crippen LogP contribution >= 0.6 is 27.5 Å². The highest BCUT2D eigenvalue weighted by molar-refractivity contribution is 9.10. The van der Waals surface area contributed by atoms with Crippen LogP contribution in [0.25, 0.3) is 0 Å². The first kappa shape index (κ1) is 13.2. The van der Waals surface area contributed by atoms with Crippen LogP contribution in [0.1, 0.15) is 5.56 Å². The average molecular weight is 311 g/mol. The summed E-state index contributed by atoms with van der Waals surface area (Å²) in [6.07, 6.45) is 1.70. The molecule has 0 aliphatic carbocycles. The zero-order chi connectivity index (χ0) is 11.3. The molecule has 0 spiro atoms. The van der Waals surface area contributed by atoms with Crippen LogP contribution in [0.15, 0.2) is 22.7 Å². The largest absolute Gasteiger partial charge is 0.312 e. The molecule has 1 aromatic rings. The lowest BCUT2D eigenvalue weighted by atomic mass is 10.2. The predicted molar refractivity (Wildman–Crippen MR) is 69.8 cm³/mol. The van der Waals surface area contributed by atoms with Crippen LogP contribution in [0.3, 0.4) is 0 Å². The molecule has 0 saturated heterocycles. The summed E-state index contributed by atoms with van der Waals surface area (Å²) in [5.74, 6) is 0.672. The molecule has 0 radical (unpaired) electrons. The molecule has 2 nitrogen and oxygen atoms in total. The number of hydrogen-bond donors (Lipinski definition) is 1. The molecule has 0 bridgehead atoms. The van der Waals surface area contributed by atoms with Crippen LogP contribution in [0.2, 0.25) is 5.02 Å². The summed E-state index contributed by atoms with van der Waals surface area (Å²) in [6.45, 7) is 1.45. The molecule has 1 atom stereocenters. The highest BCUT2D eigenvalue weighted by Crippen LogP contribution is 2.20. The van der Waals surface area contributed by atoms with Crippen molar-refractivity contribution in [3.8, 4) is 0 Å². The quantitative estimate of drug-likeness (QED) is 0.847. The van der Waals surface area contributed by atoms with Crippen molar-refractivity contribution in [2.75, 3.05) is 18.6 Å². The second kappa shape index (κ2) is 6.63. The maximum Gasteiger partial charge on any atom is 0.0451 e. The van der Waals surface area contributed by atoms with Crippen molar-refractivity contribution in [3.63, 3.8) is 0 Å². The Bertz CT molecular complexity index is 359. The van der Waals surface area contributed by atoms with Crippen LogP contribution in [0.5, 0.6) is 0 Å². The molecule has 0 unspecified atom stereocenters. The van der Waals surface area contributed by atoms with Gasteiger partial charge in [0.25, 0.3) is 0 Å². The number of rotatable bonds is 5. The minimum absolute atomic E-state index is 0.672. The lowest BCUT2D eigenvalue weighted by Gasteiger charge is -2.06. The molecular formula is C10H13BrClNOS. The first-order valence-electron chi connectivity index (χ1n) is 4.54. The van der Waals surface area contributed by atoms with E-state index in [1.54, 1.807) is 6.26 Å². The van der Waals surface area contributed by atoms with E-state index in [0.717, 1.165) is 21.6 Å². The average Bonchev–Trinajstić information content (AvgIpc) is 2.17. The topological polar surface area (TPSA) is 29.1 Å². The van der Waals surface area contributed by atoms with Crippen LogP contribution in [0.4, 0.5) is 0 Å². The molecule has 5 heteroatoms. The van der Waals surface area contributed by atoms with Crippen LogP contribution < -0.4 is 5.32 Å². The van der Waals surface area contributed by atoms with E-state index in [4.69, 9.17) is 11.6 Å². The smallest absolute Gasteiger partial charge is 0.0451 e. The Labute approximate surface area is 106 Å². The molecule has 15 heavy (non-hydrogen) atoms. The third-order valence-electron chi connectivity index (χ3n) is 1.89. The van der Waals surface area contributed by atoms with E-state index in [1.165, 1.54) is 0 Å². The highest BCUT2D eigenvalue weighted by atomic mass is 79.9. The molecule has 1 rings (SSSR count). The normalized spacial score (nSPS) is 12.7. The van der Waals surface area contributed by atoms with E-state index in [2.05, 4.69) is 21.2 Å². The van der Waals surface area contributed by atoms with Crippen LogP contribution in [0, 0.1) is 0 Å². The minimum atomic E-state index is -0.738. The monoisotopic (exact) mass is 309 g/mol. The van der Waals surface area contributed by atoms with Crippen molar-refractivity contribution in [2.45, 2.75) is 6.54 Å². The van der Waals surface area contributed by atoms with Crippen LogP contribution in [-0.4, -0.2) is 22.8 Å². The summed E-state index contributed by atoms with van der Waals surface area (Å²) < 4.78 is 11.8. The van der Waals surface area contributed by atoms with Crippen molar-refractivity contribution >= 4 is 38.3 Å². The summed E-state index contributed by atoms with van der Waals surface area (Å²) >= 11 is 9.41. The maximum absolute atomic E-state index is 10.8. The van der Waals surface area contributed by atoms with Gasteiger partial charge >= 0.3 is 0 Å². The van der Waals surface area contributed by atoms with Gasteiger partial charge in [0.15, 0.2) is 0 Å². The van der Waals surface area contributed by atoms with Crippen molar-refractivity contribution in [3.05, 3.63) is 33.3 Å². The fourth-order valence-electron chi connectivity index (χ4n) is 1.12. The predicted octanol–water partition coefficient (Wildman–Crippen LogP) is 2.57. The van der Waals surface area contributed by atoms with Gasteiger partial charge in [-0.2, -0.15) is 0 Å². The molecule has 0 saturated carbocycles. The van der Waals surface area contributed by atoms with E-state index in [1.807, 2.05) is 18.2 Å². The van der Waals surface area contributed by atoms with Gasteiger partial charge in [0.05, 0.1) is 0 Å². The van der Waals surface area contributed by atoms with Crippen molar-refractivity contribution in [2.24, 2.45) is 0 Å². The number of benzene rings is 1. The summed E-state index contributed by atoms with van der Waals surface area (Å²) in [5, 5.41) is 3.96. The molecule has 1 aromatic carbocycles. The van der Waals surface area contributed by atoms with Crippen molar-refractivity contribution in [1.29, 1.82) is 0 Å². The van der Waals surface area contributed by atoms with Crippen molar-refractivity contribution in [1.82, 2.24) is 5.32 Å². The lowest BCUT2D eigenvalue weighted by Crippen LogP contribution is -2.19. The molecule has 0 aliphatic rings. The molecule has 0 fully saturated rings. The third-order valence-corrected chi connectivity index (χ3v) is 3.53. The van der Waals surface area contributed by atoms with E-state index >= 15 is 0 Å². The molecular weight excluding hydrogens is 298 g/mol. The van der Waals surface area contributed by atoms with Gasteiger partial charge in [0.1, 0.15) is 0 Å². The highest BCUT2D eigenvalue weighted by Gasteiger charge is 2.00. The van der Waals surface area contributed by atoms with Gasteiger partial charge < -0.3 is 5.32 Å². The van der Waals surface area contributed by atoms with Crippen LogP contribution in [-0.2, 0) is 17.3 Å². The summed E-state index contributed by atoms with van der Waals surface area (Å²) in [5.41, 5.74) is 1.05. The Kier molecular flexibility index (Phi) is 5.82. The third kappa shape index (κ3) is 5.11. The molecule has 0 aromatic heterocycles. The minimum Gasteiger partial charge on any atom is -0.312 e. The van der Waals surface area contributed by atoms with Gasteiger partial charge in [-0.15, -0.1) is 0 Å². The molecule has 1 N–H and O–H groups in total. The zero-order valence-corrected chi connectivity index (χ0v) is 11.6. The summed E-state index contributed by atoms with van der Waals surface area (Å²) in [7, 11) is -0.738. The lowest BCUT2D eigenvalue weighted by molar-refractivity contribution is 0.676. The number of hydrogen-bond acceptors (Lipinski definition) is 2. The maximum atomic E-state index is 10.8. The summed E-state index contributed by atoms with van der Waals surface area (Å²) in [4.78, 5) is 0. The van der Waals surface area contributed by atoms with Gasteiger partial charge in [-0.1, -0.05) is 27.5 Å². The van der Waals surface area contributed by atoms with Gasteiger partial charge in [-0.05, 0) is 23.8 Å². The number of halogens is 2. The standard InChI is InChI=1S/C10H13BrClNOS/c1-15(14)5-4-13-7-8-6-9(11)2-3-10(8)12/h2-3,6,13H,4-5,7H2,1H3/t15-/m0/s1. The van der Waals surface area contributed by atoms with Gasteiger partial charge in [-0.25, -0.2) is 0 Å². The fourth-order valence-corrected chi connectivity index (χ4v) is 2.14. The second-order valence-electron chi connectivity index (χ2n) is 3.19. The molecule has 0 aliphatic heterocycles. The Morgan fingerprint density at radius 1 is 1.53 bits per heavy atom. The van der Waals surface area contributed by atoms with E-state index < -0.39 is 10.8 Å². The Morgan fingerprint density at radius 2 is 2.27 bits per heavy atom. The zero-order valence-electron chi connectivity index (χ0n) is 8.43. The number of nitrogens with one attached hydrogen (secondary N) is 1. The Balaban J connectivity index is 2.43. The molecule has 84 valence electrons. The molecule has 0 amide bonds. The van der Waals surface area contributed by atoms with E-state index in [0.29, 0.717) is 12.3 Å². The Morgan fingerprint density at radius 3 is 2.93 bits per heavy atom.